The van der Waals surface area contributed by atoms with E-state index in [2.05, 4.69) is 15.6 Å². The molecule has 26 heavy (non-hydrogen) atoms. The van der Waals surface area contributed by atoms with Gasteiger partial charge in [0.1, 0.15) is 0 Å². The first-order valence-electron chi connectivity index (χ1n) is 8.69. The Bertz CT molecular complexity index is 946. The summed E-state index contributed by atoms with van der Waals surface area (Å²) in [5.74, 6) is -0.384. The first kappa shape index (κ1) is 17.7. The predicted molar refractivity (Wildman–Crippen MR) is 100 cm³/mol. The molecule has 0 saturated heterocycles. The molecule has 0 atom stereocenters. The Kier molecular flexibility index (Phi) is 5.31. The van der Waals surface area contributed by atoms with Crippen molar-refractivity contribution in [2.24, 2.45) is 0 Å². The van der Waals surface area contributed by atoms with Crippen molar-refractivity contribution in [1.82, 2.24) is 20.0 Å². The third kappa shape index (κ3) is 3.74. The molecule has 2 amide bonds. The molecule has 0 aliphatic rings. The largest absolute Gasteiger partial charge is 0.351 e. The molecule has 6 heteroatoms. The fourth-order valence-corrected chi connectivity index (χ4v) is 2.77. The molecule has 2 heterocycles. The minimum Gasteiger partial charge on any atom is -0.351 e. The summed E-state index contributed by atoms with van der Waals surface area (Å²) in [5, 5.41) is 5.69. The minimum atomic E-state index is -0.317. The molecule has 2 N–H and O–H groups in total. The van der Waals surface area contributed by atoms with E-state index >= 15 is 0 Å². The monoisotopic (exact) mass is 350 g/mol. The van der Waals surface area contributed by atoms with Crippen LogP contribution in [0.3, 0.4) is 0 Å². The average Bonchev–Trinajstić information content (AvgIpc) is 3.04. The number of pyridine rings is 1. The topological polar surface area (TPSA) is 75.5 Å². The van der Waals surface area contributed by atoms with Gasteiger partial charge in [0, 0.05) is 19.3 Å². The highest BCUT2D eigenvalue weighted by Crippen LogP contribution is 2.13. The number of amides is 2. The van der Waals surface area contributed by atoms with Crippen LogP contribution in [0.15, 0.2) is 48.7 Å². The van der Waals surface area contributed by atoms with Crippen LogP contribution in [0, 0.1) is 6.92 Å². The van der Waals surface area contributed by atoms with Gasteiger partial charge < -0.3 is 10.6 Å². The van der Waals surface area contributed by atoms with E-state index in [1.54, 1.807) is 22.7 Å². The van der Waals surface area contributed by atoms with Crippen LogP contribution < -0.4 is 10.6 Å². The number of aryl methyl sites for hydroxylation is 1. The third-order valence-corrected chi connectivity index (χ3v) is 4.04. The number of aromatic nitrogens is 2. The van der Waals surface area contributed by atoms with Crippen molar-refractivity contribution in [2.45, 2.75) is 26.8 Å². The third-order valence-electron chi connectivity index (χ3n) is 4.04. The first-order chi connectivity index (χ1) is 12.6. The van der Waals surface area contributed by atoms with E-state index in [-0.39, 0.29) is 23.3 Å². The number of imidazole rings is 1. The molecule has 0 radical (unpaired) electrons. The number of nitrogens with one attached hydrogen (secondary N) is 2. The van der Waals surface area contributed by atoms with Crippen molar-refractivity contribution < 1.29 is 9.59 Å². The zero-order chi connectivity index (χ0) is 18.5. The molecule has 134 valence electrons. The highest BCUT2D eigenvalue weighted by Gasteiger charge is 2.20. The summed E-state index contributed by atoms with van der Waals surface area (Å²) in [6.45, 7) is 4.96. The van der Waals surface area contributed by atoms with Gasteiger partial charge in [0.2, 0.25) is 5.82 Å². The molecule has 1 aromatic carbocycles. The van der Waals surface area contributed by atoms with Crippen molar-refractivity contribution >= 4 is 17.3 Å². The molecule has 0 saturated carbocycles. The Labute approximate surface area is 152 Å². The van der Waals surface area contributed by atoms with Crippen molar-refractivity contribution in [3.8, 4) is 0 Å². The maximum Gasteiger partial charge on any atom is 0.287 e. The Balaban J connectivity index is 1.84. The van der Waals surface area contributed by atoms with Crippen LogP contribution >= 0.6 is 0 Å². The lowest BCUT2D eigenvalue weighted by Gasteiger charge is -2.05. The summed E-state index contributed by atoms with van der Waals surface area (Å²) in [4.78, 5) is 29.3. The van der Waals surface area contributed by atoms with E-state index in [0.29, 0.717) is 18.6 Å². The van der Waals surface area contributed by atoms with Crippen molar-refractivity contribution in [1.29, 1.82) is 0 Å². The summed E-state index contributed by atoms with van der Waals surface area (Å²) in [5.41, 5.74) is 3.03. The Morgan fingerprint density at radius 3 is 2.69 bits per heavy atom. The molecule has 3 rings (SSSR count). The lowest BCUT2D eigenvalue weighted by atomic mass is 10.1. The van der Waals surface area contributed by atoms with Gasteiger partial charge in [0.05, 0.1) is 5.52 Å². The molecular weight excluding hydrogens is 328 g/mol. The van der Waals surface area contributed by atoms with E-state index in [1.165, 1.54) is 0 Å². The SMILES string of the molecule is CCCNC(=O)c1nc(C(=O)NCc2cccc(C)c2)n2ccccc12. The fourth-order valence-electron chi connectivity index (χ4n) is 2.77. The Morgan fingerprint density at radius 2 is 1.92 bits per heavy atom. The van der Waals surface area contributed by atoms with Gasteiger partial charge in [-0.05, 0) is 31.0 Å². The number of hydrogen-bond donors (Lipinski definition) is 2. The lowest BCUT2D eigenvalue weighted by molar-refractivity contribution is 0.0939. The molecule has 2 aromatic heterocycles. The molecule has 0 fully saturated rings. The first-order valence-corrected chi connectivity index (χ1v) is 8.69. The maximum atomic E-state index is 12.6. The zero-order valence-electron chi connectivity index (χ0n) is 15.0. The molecule has 0 aliphatic heterocycles. The lowest BCUT2D eigenvalue weighted by Crippen LogP contribution is -2.26. The van der Waals surface area contributed by atoms with Gasteiger partial charge in [-0.2, -0.15) is 0 Å². The molecule has 0 aliphatic carbocycles. The Morgan fingerprint density at radius 1 is 1.08 bits per heavy atom. The minimum absolute atomic E-state index is 0.204. The maximum absolute atomic E-state index is 12.6. The van der Waals surface area contributed by atoms with Gasteiger partial charge >= 0.3 is 0 Å². The van der Waals surface area contributed by atoms with Crippen LogP contribution in [0.5, 0.6) is 0 Å². The standard InChI is InChI=1S/C20H22N4O2/c1-3-10-21-19(25)17-16-9-4-5-11-24(16)18(23-17)20(26)22-13-15-8-6-7-14(2)12-15/h4-9,11-12H,3,10,13H2,1-2H3,(H,21,25)(H,22,26). The van der Waals surface area contributed by atoms with Gasteiger partial charge in [-0.1, -0.05) is 42.8 Å². The Hall–Kier alpha value is -3.15. The molecule has 3 aromatic rings. The normalized spacial score (nSPS) is 10.7. The smallest absolute Gasteiger partial charge is 0.287 e. The molecule has 0 bridgehead atoms. The second kappa shape index (κ2) is 7.82. The number of fused-ring (bicyclic) bond motifs is 1. The summed E-state index contributed by atoms with van der Waals surface area (Å²) in [7, 11) is 0. The van der Waals surface area contributed by atoms with Crippen molar-refractivity contribution in [3.63, 3.8) is 0 Å². The van der Waals surface area contributed by atoms with Crippen molar-refractivity contribution in [3.05, 3.63) is 71.3 Å². The quantitative estimate of drug-likeness (QED) is 0.718. The summed E-state index contributed by atoms with van der Waals surface area (Å²) in [6, 6.07) is 13.4. The van der Waals surface area contributed by atoms with E-state index in [9.17, 15) is 9.59 Å². The number of carbonyl (C=O) groups is 2. The van der Waals surface area contributed by atoms with Crippen LogP contribution in [0.4, 0.5) is 0 Å². The molecule has 0 unspecified atom stereocenters. The highest BCUT2D eigenvalue weighted by molar-refractivity contribution is 6.02. The second-order valence-electron chi connectivity index (χ2n) is 6.17. The molecule has 0 spiro atoms. The average molecular weight is 350 g/mol. The highest BCUT2D eigenvalue weighted by atomic mass is 16.2. The van der Waals surface area contributed by atoms with Crippen LogP contribution in [0.1, 0.15) is 45.6 Å². The number of carbonyl (C=O) groups excluding carboxylic acids is 2. The summed E-state index contributed by atoms with van der Waals surface area (Å²) < 4.78 is 1.65. The predicted octanol–water partition coefficient (Wildman–Crippen LogP) is 2.71. The van der Waals surface area contributed by atoms with Crippen LogP contribution in [0.2, 0.25) is 0 Å². The van der Waals surface area contributed by atoms with E-state index in [0.717, 1.165) is 17.5 Å². The molecule has 6 nitrogen and oxygen atoms in total. The van der Waals surface area contributed by atoms with E-state index in [1.807, 2.05) is 44.2 Å². The van der Waals surface area contributed by atoms with Crippen LogP contribution in [0.25, 0.3) is 5.52 Å². The summed E-state index contributed by atoms with van der Waals surface area (Å²) >= 11 is 0. The molecular formula is C20H22N4O2. The van der Waals surface area contributed by atoms with E-state index < -0.39 is 0 Å². The van der Waals surface area contributed by atoms with Gasteiger partial charge in [-0.3, -0.25) is 14.0 Å². The van der Waals surface area contributed by atoms with Crippen LogP contribution in [-0.2, 0) is 6.54 Å². The summed E-state index contributed by atoms with van der Waals surface area (Å²) in [6.07, 6.45) is 2.57. The number of benzene rings is 1. The number of rotatable bonds is 6. The second-order valence-corrected chi connectivity index (χ2v) is 6.17. The van der Waals surface area contributed by atoms with Crippen molar-refractivity contribution in [2.75, 3.05) is 6.54 Å². The van der Waals surface area contributed by atoms with Gasteiger partial charge in [0.15, 0.2) is 5.69 Å². The fraction of sp³-hybridized carbons (Fsp3) is 0.250. The van der Waals surface area contributed by atoms with Gasteiger partial charge in [-0.15, -0.1) is 0 Å². The number of hydrogen-bond acceptors (Lipinski definition) is 3. The zero-order valence-corrected chi connectivity index (χ0v) is 15.0. The van der Waals surface area contributed by atoms with Gasteiger partial charge in [0.25, 0.3) is 11.8 Å². The number of nitrogens with zero attached hydrogens (tertiary/aromatic N) is 2. The van der Waals surface area contributed by atoms with Crippen LogP contribution in [-0.4, -0.2) is 27.7 Å². The van der Waals surface area contributed by atoms with E-state index in [4.69, 9.17) is 0 Å². The van der Waals surface area contributed by atoms with Gasteiger partial charge in [-0.25, -0.2) is 4.98 Å².